The monoisotopic (exact) mass is 763 g/mol. The lowest BCUT2D eigenvalue weighted by Crippen LogP contribution is -2.66. The highest BCUT2D eigenvalue weighted by atomic mass is 16.8. The third kappa shape index (κ3) is 7.21. The van der Waals surface area contributed by atoms with Crippen LogP contribution in [0.1, 0.15) is 147 Å². The van der Waals surface area contributed by atoms with Gasteiger partial charge < -0.3 is 39.0 Å². The Balaban J connectivity index is 1.18. The summed E-state index contributed by atoms with van der Waals surface area (Å²) in [5.74, 6) is -3.41. The maximum Gasteiger partial charge on any atom is 0.198 e. The first-order valence-electron chi connectivity index (χ1n) is 21.8. The van der Waals surface area contributed by atoms with Crippen LogP contribution >= 0.6 is 0 Å². The van der Waals surface area contributed by atoms with Crippen molar-refractivity contribution in [3.05, 3.63) is 0 Å². The van der Waals surface area contributed by atoms with Gasteiger partial charge in [-0.1, -0.05) is 55.4 Å². The van der Waals surface area contributed by atoms with Crippen LogP contribution in [-0.2, 0) is 33.3 Å². The van der Waals surface area contributed by atoms with Gasteiger partial charge in [-0.2, -0.15) is 0 Å². The number of Topliss-reactive ketones (excluding diaryl/α,β-unsaturated/α-hetero) is 2. The van der Waals surface area contributed by atoms with Crippen LogP contribution in [0.5, 0.6) is 0 Å². The van der Waals surface area contributed by atoms with Crippen molar-refractivity contribution in [1.29, 1.82) is 0 Å². The molecule has 5 heterocycles. The Morgan fingerprint density at radius 3 is 2.15 bits per heavy atom. The average Bonchev–Trinajstić information content (AvgIpc) is 3.88. The molecule has 1 saturated carbocycles. The smallest absolute Gasteiger partial charge is 0.198 e. The molecular formula is C44H74O10. The van der Waals surface area contributed by atoms with Crippen LogP contribution in [-0.4, -0.2) is 92.4 Å². The maximum absolute atomic E-state index is 14.6. The largest absolute Gasteiger partial charge is 0.392 e. The number of ketones is 2. The van der Waals surface area contributed by atoms with E-state index in [4.69, 9.17) is 23.7 Å². The number of aliphatic hydroxyl groups is 3. The average molecular weight is 763 g/mol. The van der Waals surface area contributed by atoms with Crippen molar-refractivity contribution >= 4 is 11.6 Å². The second-order valence-electron chi connectivity index (χ2n) is 19.3. The van der Waals surface area contributed by atoms with Crippen LogP contribution in [0.4, 0.5) is 0 Å². The van der Waals surface area contributed by atoms with Gasteiger partial charge in [0, 0.05) is 41.9 Å². The lowest BCUT2D eigenvalue weighted by Gasteiger charge is -2.56. The van der Waals surface area contributed by atoms with Crippen molar-refractivity contribution < 1.29 is 48.6 Å². The fraction of sp³-hybridized carbons (Fsp3) is 0.955. The molecule has 6 aliphatic rings. The van der Waals surface area contributed by atoms with Gasteiger partial charge in [-0.15, -0.1) is 0 Å². The van der Waals surface area contributed by atoms with Gasteiger partial charge in [-0.3, -0.25) is 9.59 Å². The second kappa shape index (κ2) is 15.6. The Bertz CT molecular complexity index is 1350. The molecule has 2 spiro atoms. The molecule has 0 bridgehead atoms. The molecular weight excluding hydrogens is 688 g/mol. The lowest BCUT2D eigenvalue weighted by molar-refractivity contribution is -0.446. The quantitative estimate of drug-likeness (QED) is 0.195. The molecule has 5 aliphatic heterocycles. The molecule has 310 valence electrons. The third-order valence-corrected chi connectivity index (χ3v) is 15.9. The Morgan fingerprint density at radius 2 is 1.54 bits per heavy atom. The van der Waals surface area contributed by atoms with Gasteiger partial charge in [-0.05, 0) is 103 Å². The van der Waals surface area contributed by atoms with Gasteiger partial charge in [0.25, 0.3) is 0 Å². The van der Waals surface area contributed by atoms with Crippen molar-refractivity contribution in [2.75, 3.05) is 0 Å². The highest BCUT2D eigenvalue weighted by Crippen LogP contribution is 2.66. The van der Waals surface area contributed by atoms with Crippen LogP contribution < -0.4 is 0 Å². The minimum atomic E-state index is -1.25. The SMILES string of the molecule is CC[C@@H](C(=O)[C@@H](C)[C@@H](O)[C@H](C)[C@@H]1O[C@@H]([C@@H](CC)C(C)=O)CC[C@@H]1C)[C@H]1O[C@@]2(O[C@@]3(CC[C@@](C)([C@H]4CC[C@](O)(CC)[C@H](C)O4)O3)[C@H](O)C3CC32)[C@H](C)C[C@@H]1C. The molecule has 0 radical (unpaired) electrons. The summed E-state index contributed by atoms with van der Waals surface area (Å²) in [6.45, 7) is 22.0. The van der Waals surface area contributed by atoms with E-state index in [0.29, 0.717) is 38.5 Å². The molecule has 20 atom stereocenters. The van der Waals surface area contributed by atoms with E-state index in [1.807, 2.05) is 41.5 Å². The molecule has 1 aliphatic carbocycles. The summed E-state index contributed by atoms with van der Waals surface area (Å²) in [7, 11) is 0. The molecule has 0 amide bonds. The number of rotatable bonds is 12. The number of carbonyl (C=O) groups excluding carboxylic acids is 2. The van der Waals surface area contributed by atoms with Crippen molar-refractivity contribution in [1.82, 2.24) is 0 Å². The van der Waals surface area contributed by atoms with Gasteiger partial charge in [0.05, 0.1) is 47.8 Å². The summed E-state index contributed by atoms with van der Waals surface area (Å²) in [6.07, 6.45) is 4.54. The Labute approximate surface area is 325 Å². The minimum absolute atomic E-state index is 0.000398. The van der Waals surface area contributed by atoms with E-state index in [2.05, 4.69) is 27.7 Å². The Kier molecular flexibility index (Phi) is 12.4. The second-order valence-corrected chi connectivity index (χ2v) is 19.3. The van der Waals surface area contributed by atoms with Crippen molar-refractivity contribution in [2.24, 2.45) is 53.3 Å². The first-order valence-corrected chi connectivity index (χ1v) is 21.8. The Hall–Kier alpha value is -0.980. The standard InChI is InChI=1S/C44H74O10/c1-12-30(28(9)45)34-16-15-23(4)38(51-34)27(8)36(46)26(7)37(47)31(13-2)39-24(5)21-25(6)44(52-39)33-22-32(33)40(48)43(54-44)20-19-41(11,53-43)35-17-18-42(49,14-3)29(10)50-35/h23-27,29-36,38-40,46,48-49H,12-22H2,1-11H3/t23-,24-,25+,26-,27-,29-,30-,31-,32?,33?,34+,35+,36+,38+,39-,40+,41-,42+,43-,44+/m0/s1. The van der Waals surface area contributed by atoms with Crippen molar-refractivity contribution in [3.63, 3.8) is 0 Å². The normalized spacial score (nSPS) is 49.2. The molecule has 0 aromatic carbocycles. The summed E-state index contributed by atoms with van der Waals surface area (Å²) in [6, 6.07) is 0. The van der Waals surface area contributed by atoms with E-state index in [1.54, 1.807) is 6.92 Å². The molecule has 2 unspecified atom stereocenters. The van der Waals surface area contributed by atoms with Crippen LogP contribution in [0.15, 0.2) is 0 Å². The summed E-state index contributed by atoms with van der Waals surface area (Å²) < 4.78 is 34.4. The number of hydrogen-bond donors (Lipinski definition) is 3. The van der Waals surface area contributed by atoms with E-state index in [9.17, 15) is 24.9 Å². The summed E-state index contributed by atoms with van der Waals surface area (Å²) in [5.41, 5.74) is -1.56. The summed E-state index contributed by atoms with van der Waals surface area (Å²) in [5, 5.41) is 34.8. The number of ether oxygens (including phenoxy) is 5. The van der Waals surface area contributed by atoms with Gasteiger partial charge in [0.15, 0.2) is 11.6 Å². The molecule has 54 heavy (non-hydrogen) atoms. The maximum atomic E-state index is 14.6. The van der Waals surface area contributed by atoms with Crippen molar-refractivity contribution in [2.45, 2.75) is 212 Å². The van der Waals surface area contributed by atoms with Crippen molar-refractivity contribution in [3.8, 4) is 0 Å². The van der Waals surface area contributed by atoms with Gasteiger partial charge in [-0.25, -0.2) is 0 Å². The van der Waals surface area contributed by atoms with E-state index in [-0.39, 0.29) is 77.4 Å². The number of aliphatic hydroxyl groups excluding tert-OH is 2. The number of carbonyl (C=O) groups is 2. The molecule has 6 fully saturated rings. The van der Waals surface area contributed by atoms with E-state index >= 15 is 0 Å². The highest BCUT2D eigenvalue weighted by molar-refractivity contribution is 5.84. The van der Waals surface area contributed by atoms with Gasteiger partial charge in [0.2, 0.25) is 0 Å². The third-order valence-electron chi connectivity index (χ3n) is 15.9. The summed E-state index contributed by atoms with van der Waals surface area (Å²) >= 11 is 0. The fourth-order valence-electron chi connectivity index (χ4n) is 12.0. The van der Waals surface area contributed by atoms with E-state index < -0.39 is 52.9 Å². The van der Waals surface area contributed by atoms with Crippen LogP contribution in [0, 0.1) is 53.3 Å². The molecule has 0 aromatic heterocycles. The first-order chi connectivity index (χ1) is 25.3. The van der Waals surface area contributed by atoms with Gasteiger partial charge in [0.1, 0.15) is 17.7 Å². The Morgan fingerprint density at radius 1 is 0.852 bits per heavy atom. The zero-order chi connectivity index (χ0) is 39.7. The topological polar surface area (TPSA) is 141 Å². The van der Waals surface area contributed by atoms with Gasteiger partial charge >= 0.3 is 0 Å². The zero-order valence-corrected chi connectivity index (χ0v) is 35.2. The molecule has 10 nitrogen and oxygen atoms in total. The lowest BCUT2D eigenvalue weighted by atomic mass is 9.72. The predicted molar refractivity (Wildman–Crippen MR) is 204 cm³/mol. The first kappa shape index (κ1) is 42.6. The van der Waals surface area contributed by atoms with Crippen LogP contribution in [0.2, 0.25) is 0 Å². The number of fused-ring (bicyclic) bond motifs is 2. The predicted octanol–water partition coefficient (Wildman–Crippen LogP) is 6.77. The molecule has 5 saturated heterocycles. The minimum Gasteiger partial charge on any atom is -0.392 e. The van der Waals surface area contributed by atoms with E-state index in [0.717, 1.165) is 32.1 Å². The zero-order valence-electron chi connectivity index (χ0n) is 35.2. The molecule has 10 heteroatoms. The highest BCUT2D eigenvalue weighted by Gasteiger charge is 2.74. The molecule has 3 N–H and O–H groups in total. The fourth-order valence-corrected chi connectivity index (χ4v) is 12.0. The van der Waals surface area contributed by atoms with Crippen LogP contribution in [0.25, 0.3) is 0 Å². The molecule has 6 rings (SSSR count). The summed E-state index contributed by atoms with van der Waals surface area (Å²) in [4.78, 5) is 27.0. The number of hydrogen-bond acceptors (Lipinski definition) is 10. The van der Waals surface area contributed by atoms with E-state index in [1.165, 1.54) is 0 Å². The van der Waals surface area contributed by atoms with Crippen LogP contribution in [0.3, 0.4) is 0 Å². The molecule has 0 aromatic rings.